The summed E-state index contributed by atoms with van der Waals surface area (Å²) in [7, 11) is 0. The molecule has 0 aromatic carbocycles. The second kappa shape index (κ2) is 4.47. The highest BCUT2D eigenvalue weighted by atomic mass is 16.7. The van der Waals surface area contributed by atoms with E-state index in [4.69, 9.17) is 4.84 Å². The van der Waals surface area contributed by atoms with Gasteiger partial charge < -0.3 is 4.84 Å². The summed E-state index contributed by atoms with van der Waals surface area (Å²) in [5.41, 5.74) is -0.450. The van der Waals surface area contributed by atoms with Crippen molar-refractivity contribution >= 4 is 17.8 Å². The van der Waals surface area contributed by atoms with Gasteiger partial charge in [0.15, 0.2) is 0 Å². The summed E-state index contributed by atoms with van der Waals surface area (Å²) in [5, 5.41) is 0.668. The molecule has 0 radical (unpaired) electrons. The van der Waals surface area contributed by atoms with Crippen LogP contribution in [0.25, 0.3) is 0 Å². The monoisotopic (exact) mass is 263 g/mol. The van der Waals surface area contributed by atoms with Crippen LogP contribution in [0.3, 0.4) is 0 Å². The molecule has 1 aliphatic heterocycles. The minimum atomic E-state index is -0.450. The van der Waals surface area contributed by atoms with Gasteiger partial charge in [0.25, 0.3) is 11.8 Å². The third kappa shape index (κ3) is 2.07. The minimum Gasteiger partial charge on any atom is -0.330 e. The van der Waals surface area contributed by atoms with E-state index < -0.39 is 23.2 Å². The largest absolute Gasteiger partial charge is 0.339 e. The average Bonchev–Trinajstić information content (AvgIpc) is 2.96. The Morgan fingerprint density at radius 1 is 1.21 bits per heavy atom. The number of amides is 2. The molecule has 2 aliphatic carbocycles. The van der Waals surface area contributed by atoms with Crippen LogP contribution < -0.4 is 0 Å². The van der Waals surface area contributed by atoms with Crippen LogP contribution in [0, 0.1) is 11.3 Å². The molecule has 2 unspecified atom stereocenters. The van der Waals surface area contributed by atoms with Crippen LogP contribution in [-0.2, 0) is 19.2 Å². The van der Waals surface area contributed by atoms with Crippen molar-refractivity contribution < 1.29 is 19.2 Å². The Labute approximate surface area is 111 Å². The Balaban J connectivity index is 1.69. The molecule has 0 spiro atoms. The predicted molar refractivity (Wildman–Crippen MR) is 65.3 cm³/mol. The van der Waals surface area contributed by atoms with Gasteiger partial charge in [-0.05, 0) is 38.0 Å². The molecule has 102 valence electrons. The molecule has 0 aromatic rings. The second-order valence-corrected chi connectivity index (χ2v) is 5.61. The molecular formula is C14H17NO4. The predicted octanol–water partition coefficient (Wildman–Crippen LogP) is 1.73. The number of hydroxylamine groups is 2. The molecule has 3 aliphatic rings. The van der Waals surface area contributed by atoms with Crippen molar-refractivity contribution in [3.63, 3.8) is 0 Å². The third-order valence-electron chi connectivity index (χ3n) is 4.42. The number of nitrogens with zero attached hydrogens (tertiary/aromatic N) is 1. The molecule has 5 heteroatoms. The summed E-state index contributed by atoms with van der Waals surface area (Å²) < 4.78 is 0. The molecule has 0 N–H and O–H groups in total. The van der Waals surface area contributed by atoms with Crippen LogP contribution >= 0.6 is 0 Å². The maximum atomic E-state index is 12.3. The van der Waals surface area contributed by atoms with Gasteiger partial charge in [-0.15, -0.1) is 5.06 Å². The van der Waals surface area contributed by atoms with Gasteiger partial charge in [-0.1, -0.05) is 12.2 Å². The highest BCUT2D eigenvalue weighted by molar-refractivity contribution is 6.02. The van der Waals surface area contributed by atoms with Crippen LogP contribution in [0.4, 0.5) is 0 Å². The van der Waals surface area contributed by atoms with E-state index in [0.717, 1.165) is 32.1 Å². The van der Waals surface area contributed by atoms with E-state index in [9.17, 15) is 14.4 Å². The standard InChI is InChI=1S/C14H17NO4/c16-11-6-7-12(17)15(11)19-13(18)14-8-4-2-1-3-5-10(14)9-14/h1-2,10H,3-9H2/b2-1+. The molecule has 1 saturated heterocycles. The third-order valence-corrected chi connectivity index (χ3v) is 4.42. The van der Waals surface area contributed by atoms with Crippen molar-refractivity contribution in [2.45, 2.75) is 44.9 Å². The first-order chi connectivity index (χ1) is 9.13. The smallest absolute Gasteiger partial charge is 0.330 e. The summed E-state index contributed by atoms with van der Waals surface area (Å²) in [4.78, 5) is 40.3. The molecule has 1 saturated carbocycles. The van der Waals surface area contributed by atoms with Crippen molar-refractivity contribution in [1.82, 2.24) is 5.06 Å². The zero-order valence-electron chi connectivity index (χ0n) is 10.8. The van der Waals surface area contributed by atoms with Crippen molar-refractivity contribution in [3.05, 3.63) is 12.2 Å². The first kappa shape index (κ1) is 12.4. The maximum Gasteiger partial charge on any atom is 0.339 e. The molecule has 3 rings (SSSR count). The van der Waals surface area contributed by atoms with Crippen molar-refractivity contribution in [2.75, 3.05) is 0 Å². The van der Waals surface area contributed by atoms with Crippen molar-refractivity contribution in [1.29, 1.82) is 0 Å². The zero-order valence-corrected chi connectivity index (χ0v) is 10.8. The van der Waals surface area contributed by atoms with Crippen LogP contribution in [0.5, 0.6) is 0 Å². The molecule has 1 heterocycles. The number of rotatable bonds is 2. The Kier molecular flexibility index (Phi) is 2.92. The SMILES string of the molecule is O=C1CCC(=O)N1OC(=O)C12CC/C=C/CCC1C2. The van der Waals surface area contributed by atoms with E-state index in [1.54, 1.807) is 0 Å². The first-order valence-electron chi connectivity index (χ1n) is 6.87. The summed E-state index contributed by atoms with van der Waals surface area (Å²) in [6, 6.07) is 0. The van der Waals surface area contributed by atoms with Crippen molar-refractivity contribution in [2.24, 2.45) is 11.3 Å². The fraction of sp³-hybridized carbons (Fsp3) is 0.643. The van der Waals surface area contributed by atoms with Crippen LogP contribution in [-0.4, -0.2) is 22.8 Å². The van der Waals surface area contributed by atoms with Crippen LogP contribution in [0.15, 0.2) is 12.2 Å². The second-order valence-electron chi connectivity index (χ2n) is 5.61. The number of hydrogen-bond acceptors (Lipinski definition) is 4. The number of imide groups is 1. The van der Waals surface area contributed by atoms with Gasteiger partial charge >= 0.3 is 5.97 Å². The lowest BCUT2D eigenvalue weighted by molar-refractivity contribution is -0.202. The molecule has 0 aromatic heterocycles. The minimum absolute atomic E-state index is 0.144. The first-order valence-corrected chi connectivity index (χ1v) is 6.87. The van der Waals surface area contributed by atoms with Crippen LogP contribution in [0.1, 0.15) is 44.9 Å². The van der Waals surface area contributed by atoms with E-state index in [-0.39, 0.29) is 12.8 Å². The molecule has 0 bridgehead atoms. The molecule has 5 nitrogen and oxygen atoms in total. The number of carbonyl (C=O) groups is 3. The van der Waals surface area contributed by atoms with E-state index >= 15 is 0 Å². The molecular weight excluding hydrogens is 246 g/mol. The average molecular weight is 263 g/mol. The quantitative estimate of drug-likeness (QED) is 0.562. The normalized spacial score (nSPS) is 35.4. The Bertz CT molecular complexity index is 454. The summed E-state index contributed by atoms with van der Waals surface area (Å²) >= 11 is 0. The van der Waals surface area contributed by atoms with E-state index in [0.29, 0.717) is 11.0 Å². The van der Waals surface area contributed by atoms with Crippen LogP contribution in [0.2, 0.25) is 0 Å². The van der Waals surface area contributed by atoms with Gasteiger partial charge in [0, 0.05) is 12.8 Å². The zero-order chi connectivity index (χ0) is 13.5. The van der Waals surface area contributed by atoms with Gasteiger partial charge in [-0.3, -0.25) is 9.59 Å². The number of hydrogen-bond donors (Lipinski definition) is 0. The highest BCUT2D eigenvalue weighted by Gasteiger charge is 2.61. The fourth-order valence-electron chi connectivity index (χ4n) is 3.12. The molecule has 2 fully saturated rings. The van der Waals surface area contributed by atoms with Gasteiger partial charge in [0.1, 0.15) is 0 Å². The topological polar surface area (TPSA) is 63.7 Å². The van der Waals surface area contributed by atoms with E-state index in [1.165, 1.54) is 0 Å². The van der Waals surface area contributed by atoms with Gasteiger partial charge in [-0.2, -0.15) is 0 Å². The van der Waals surface area contributed by atoms with E-state index in [1.807, 2.05) is 0 Å². The maximum absolute atomic E-state index is 12.3. The van der Waals surface area contributed by atoms with Gasteiger partial charge in [0.05, 0.1) is 5.41 Å². The number of fused-ring (bicyclic) bond motifs is 1. The lowest BCUT2D eigenvalue weighted by Gasteiger charge is -2.20. The molecule has 2 amide bonds. The van der Waals surface area contributed by atoms with Crippen molar-refractivity contribution in [3.8, 4) is 0 Å². The Hall–Kier alpha value is -1.65. The lowest BCUT2D eigenvalue weighted by atomic mass is 9.93. The Morgan fingerprint density at radius 3 is 2.63 bits per heavy atom. The molecule has 2 atom stereocenters. The fourth-order valence-corrected chi connectivity index (χ4v) is 3.12. The van der Waals surface area contributed by atoms with Gasteiger partial charge in [0.2, 0.25) is 0 Å². The number of carbonyl (C=O) groups excluding carboxylic acids is 3. The highest BCUT2D eigenvalue weighted by Crippen LogP contribution is 2.59. The summed E-state index contributed by atoms with van der Waals surface area (Å²) in [6.45, 7) is 0. The lowest BCUT2D eigenvalue weighted by Crippen LogP contribution is -2.36. The molecule has 19 heavy (non-hydrogen) atoms. The number of allylic oxidation sites excluding steroid dienone is 2. The Morgan fingerprint density at radius 2 is 1.89 bits per heavy atom. The van der Waals surface area contributed by atoms with E-state index in [2.05, 4.69) is 12.2 Å². The van der Waals surface area contributed by atoms with Gasteiger partial charge in [-0.25, -0.2) is 4.79 Å². The summed E-state index contributed by atoms with van der Waals surface area (Å²) in [6.07, 6.45) is 8.93. The summed E-state index contributed by atoms with van der Waals surface area (Å²) in [5.74, 6) is -0.857.